The molecule has 1 amide bonds. The number of nitrogens with one attached hydrogen (secondary N) is 1. The van der Waals surface area contributed by atoms with Gasteiger partial charge in [0.1, 0.15) is 11.6 Å². The van der Waals surface area contributed by atoms with Gasteiger partial charge in [0.25, 0.3) is 0 Å². The molecule has 0 saturated heterocycles. The van der Waals surface area contributed by atoms with E-state index in [1.807, 2.05) is 48.2 Å². The highest BCUT2D eigenvalue weighted by atomic mass is 32.1. The van der Waals surface area contributed by atoms with Crippen LogP contribution in [-0.4, -0.2) is 27.0 Å². The Morgan fingerprint density at radius 1 is 1.17 bits per heavy atom. The minimum absolute atomic E-state index is 0.0351. The Labute approximate surface area is 172 Å². The Morgan fingerprint density at radius 3 is 2.69 bits per heavy atom. The van der Waals surface area contributed by atoms with Crippen molar-refractivity contribution in [2.45, 2.75) is 19.8 Å². The van der Waals surface area contributed by atoms with Gasteiger partial charge in [-0.05, 0) is 24.6 Å². The molecule has 0 unspecified atom stereocenters. The lowest BCUT2D eigenvalue weighted by atomic mass is 10.1. The largest absolute Gasteiger partial charge is 0.355 e. The van der Waals surface area contributed by atoms with Crippen LogP contribution in [0.25, 0.3) is 22.3 Å². The molecule has 0 aliphatic rings. The zero-order valence-corrected chi connectivity index (χ0v) is 17.1. The van der Waals surface area contributed by atoms with Crippen LogP contribution in [0, 0.1) is 12.7 Å². The average molecular weight is 409 g/mol. The van der Waals surface area contributed by atoms with E-state index in [0.29, 0.717) is 24.9 Å². The van der Waals surface area contributed by atoms with Gasteiger partial charge < -0.3 is 9.88 Å². The summed E-state index contributed by atoms with van der Waals surface area (Å²) in [6.07, 6.45) is 0.908. The van der Waals surface area contributed by atoms with E-state index in [-0.39, 0.29) is 11.7 Å². The number of carbonyl (C=O) groups is 1. The second-order valence-corrected chi connectivity index (χ2v) is 8.01. The predicted octanol–water partition coefficient (Wildman–Crippen LogP) is 4.05. The zero-order chi connectivity index (χ0) is 20.4. The van der Waals surface area contributed by atoms with E-state index in [9.17, 15) is 9.18 Å². The lowest BCUT2D eigenvalue weighted by molar-refractivity contribution is -0.120. The van der Waals surface area contributed by atoms with Gasteiger partial charge in [0, 0.05) is 37.0 Å². The lowest BCUT2D eigenvalue weighted by Gasteiger charge is -2.06. The van der Waals surface area contributed by atoms with Crippen LogP contribution in [0.3, 0.4) is 0 Å². The molecule has 0 fully saturated rings. The zero-order valence-electron chi connectivity index (χ0n) is 16.3. The third-order valence-electron chi connectivity index (χ3n) is 4.84. The van der Waals surface area contributed by atoms with E-state index in [1.54, 1.807) is 17.4 Å². The van der Waals surface area contributed by atoms with Gasteiger partial charge in [-0.1, -0.05) is 24.3 Å². The fraction of sp³-hybridized carbons (Fsp3) is 0.227. The molecule has 0 aliphatic heterocycles. The molecule has 148 valence electrons. The number of halogens is 1. The lowest BCUT2D eigenvalue weighted by Crippen LogP contribution is -2.27. The maximum absolute atomic E-state index is 13.4. The van der Waals surface area contributed by atoms with Gasteiger partial charge >= 0.3 is 0 Å². The summed E-state index contributed by atoms with van der Waals surface area (Å²) in [5, 5.41) is 6.01. The van der Waals surface area contributed by atoms with E-state index in [4.69, 9.17) is 0 Å². The number of thiazole rings is 1. The van der Waals surface area contributed by atoms with Gasteiger partial charge in [-0.25, -0.2) is 14.4 Å². The van der Waals surface area contributed by atoms with Crippen LogP contribution in [0.5, 0.6) is 0 Å². The van der Waals surface area contributed by atoms with Gasteiger partial charge in [-0.3, -0.25) is 4.79 Å². The Hall–Kier alpha value is -3.06. The molecule has 2 heterocycles. The number of hydrogen-bond donors (Lipinski definition) is 1. The number of imidazole rings is 1. The first kappa shape index (κ1) is 19.3. The predicted molar refractivity (Wildman–Crippen MR) is 113 cm³/mol. The summed E-state index contributed by atoms with van der Waals surface area (Å²) in [6, 6.07) is 12.5. The summed E-state index contributed by atoms with van der Waals surface area (Å²) < 4.78 is 15.3. The van der Waals surface area contributed by atoms with Gasteiger partial charge in [-0.15, -0.1) is 11.3 Å². The third kappa shape index (κ3) is 4.35. The number of nitrogens with zero attached hydrogens (tertiary/aromatic N) is 3. The van der Waals surface area contributed by atoms with E-state index in [2.05, 4.69) is 15.3 Å². The molecule has 0 bridgehead atoms. The summed E-state index contributed by atoms with van der Waals surface area (Å²) in [7, 11) is 1.90. The van der Waals surface area contributed by atoms with Crippen LogP contribution in [0.15, 0.2) is 47.8 Å². The molecule has 4 aromatic rings. The second-order valence-electron chi connectivity index (χ2n) is 6.95. The van der Waals surface area contributed by atoms with Crippen molar-refractivity contribution in [2.75, 3.05) is 6.54 Å². The van der Waals surface area contributed by atoms with E-state index < -0.39 is 0 Å². The monoisotopic (exact) mass is 408 g/mol. The van der Waals surface area contributed by atoms with Crippen molar-refractivity contribution >= 4 is 28.3 Å². The molecule has 2 aromatic heterocycles. The number of benzene rings is 2. The van der Waals surface area contributed by atoms with Gasteiger partial charge in [0.2, 0.25) is 5.91 Å². The van der Waals surface area contributed by atoms with Crippen molar-refractivity contribution in [1.82, 2.24) is 19.9 Å². The van der Waals surface area contributed by atoms with E-state index >= 15 is 0 Å². The number of hydrogen-bond acceptors (Lipinski definition) is 4. The van der Waals surface area contributed by atoms with Gasteiger partial charge in [-0.2, -0.15) is 0 Å². The van der Waals surface area contributed by atoms with Gasteiger partial charge in [0.05, 0.1) is 28.2 Å². The molecular formula is C22H21FN4OS. The number of fused-ring (bicyclic) bond motifs is 1. The maximum atomic E-state index is 13.4. The molecule has 29 heavy (non-hydrogen) atoms. The fourth-order valence-corrected chi connectivity index (χ4v) is 3.92. The minimum atomic E-state index is -0.300. The first-order valence-electron chi connectivity index (χ1n) is 9.38. The van der Waals surface area contributed by atoms with Gasteiger partial charge in [0.15, 0.2) is 0 Å². The van der Waals surface area contributed by atoms with Crippen molar-refractivity contribution in [2.24, 2.45) is 7.05 Å². The molecule has 0 atom stereocenters. The van der Waals surface area contributed by atoms with E-state index in [0.717, 1.165) is 33.2 Å². The summed E-state index contributed by atoms with van der Waals surface area (Å²) in [6.45, 7) is 2.47. The number of rotatable bonds is 6. The normalized spacial score (nSPS) is 11.1. The molecule has 0 aliphatic carbocycles. The summed E-state index contributed by atoms with van der Waals surface area (Å²) in [5.74, 6) is 0.479. The molecule has 0 saturated carbocycles. The van der Waals surface area contributed by atoms with Crippen molar-refractivity contribution < 1.29 is 9.18 Å². The van der Waals surface area contributed by atoms with E-state index in [1.165, 1.54) is 12.1 Å². The molecule has 4 rings (SSSR count). The Bertz CT molecular complexity index is 1160. The quantitative estimate of drug-likeness (QED) is 0.524. The topological polar surface area (TPSA) is 59.8 Å². The smallest absolute Gasteiger partial charge is 0.224 e. The first-order valence-corrected chi connectivity index (χ1v) is 10.3. The summed E-state index contributed by atoms with van der Waals surface area (Å²) in [4.78, 5) is 21.2. The molecule has 5 nitrogen and oxygen atoms in total. The molecule has 2 aromatic carbocycles. The summed E-state index contributed by atoms with van der Waals surface area (Å²) in [5.41, 5.74) is 4.48. The molecule has 0 radical (unpaired) electrons. The van der Waals surface area contributed by atoms with Crippen LogP contribution in [0.1, 0.15) is 16.4 Å². The maximum Gasteiger partial charge on any atom is 0.224 e. The van der Waals surface area contributed by atoms with Crippen molar-refractivity contribution in [3.63, 3.8) is 0 Å². The second kappa shape index (κ2) is 8.13. The number of aromatic nitrogens is 3. The molecular weight excluding hydrogens is 387 g/mol. The molecule has 7 heteroatoms. The standard InChI is InChI=1S/C22H21FN4OS/c1-14-25-19(13-29-14)16-5-3-15(4-6-16)11-22(28)24-10-9-21-26-18-12-17(23)7-8-20(18)27(21)2/h3-8,12-13H,9-11H2,1-2H3,(H,24,28). The highest BCUT2D eigenvalue weighted by Gasteiger charge is 2.10. The van der Waals surface area contributed by atoms with Crippen LogP contribution in [0.2, 0.25) is 0 Å². The molecule has 1 N–H and O–H groups in total. The SMILES string of the molecule is Cc1nc(-c2ccc(CC(=O)NCCc3nc4cc(F)ccc4n3C)cc2)cs1. The fourth-order valence-electron chi connectivity index (χ4n) is 3.30. The van der Waals surface area contributed by atoms with Crippen LogP contribution in [0.4, 0.5) is 4.39 Å². The van der Waals surface area contributed by atoms with Crippen LogP contribution in [-0.2, 0) is 24.7 Å². The highest BCUT2D eigenvalue weighted by molar-refractivity contribution is 7.09. The Kier molecular flexibility index (Phi) is 5.40. The number of amides is 1. The number of aryl methyl sites for hydroxylation is 2. The molecule has 0 spiro atoms. The average Bonchev–Trinajstić information content (AvgIpc) is 3.26. The summed E-state index contributed by atoms with van der Waals surface area (Å²) >= 11 is 1.62. The first-order chi connectivity index (χ1) is 14.0. The highest BCUT2D eigenvalue weighted by Crippen LogP contribution is 2.22. The Morgan fingerprint density at radius 2 is 1.97 bits per heavy atom. The van der Waals surface area contributed by atoms with Crippen LogP contribution >= 0.6 is 11.3 Å². The van der Waals surface area contributed by atoms with Crippen molar-refractivity contribution in [3.05, 3.63) is 70.1 Å². The minimum Gasteiger partial charge on any atom is -0.355 e. The van der Waals surface area contributed by atoms with Crippen molar-refractivity contribution in [3.8, 4) is 11.3 Å². The Balaban J connectivity index is 1.32. The van der Waals surface area contributed by atoms with Crippen molar-refractivity contribution in [1.29, 1.82) is 0 Å². The third-order valence-corrected chi connectivity index (χ3v) is 5.61. The number of carbonyl (C=O) groups excluding carboxylic acids is 1. The van der Waals surface area contributed by atoms with Crippen LogP contribution < -0.4 is 5.32 Å².